The number of para-hydroxylation sites is 1. The van der Waals surface area contributed by atoms with Crippen molar-refractivity contribution in [3.05, 3.63) is 76.2 Å². The molecule has 1 aromatic heterocycles. The zero-order valence-corrected chi connectivity index (χ0v) is 19.0. The summed E-state index contributed by atoms with van der Waals surface area (Å²) in [6, 6.07) is 12.3. The maximum atomic E-state index is 13.8. The van der Waals surface area contributed by atoms with Crippen LogP contribution in [0.4, 0.5) is 5.69 Å². The molecule has 4 rings (SSSR count). The lowest BCUT2D eigenvalue weighted by molar-refractivity contribution is -0.118. The summed E-state index contributed by atoms with van der Waals surface area (Å²) in [7, 11) is -3.81. The molecule has 3 aromatic rings. The maximum Gasteiger partial charge on any atom is 0.347 e. The highest BCUT2D eigenvalue weighted by atomic mass is 35.5. The van der Waals surface area contributed by atoms with E-state index >= 15 is 0 Å². The molecule has 1 atom stereocenters. The number of hydrogen-bond donors (Lipinski definition) is 0. The van der Waals surface area contributed by atoms with Gasteiger partial charge in [0.15, 0.2) is 5.66 Å². The van der Waals surface area contributed by atoms with Crippen molar-refractivity contribution < 1.29 is 18.4 Å². The third-order valence-electron chi connectivity index (χ3n) is 4.77. The highest BCUT2D eigenvalue weighted by molar-refractivity contribution is 7.55. The molecule has 1 fully saturated rings. The van der Waals surface area contributed by atoms with E-state index in [1.165, 1.54) is 22.4 Å². The quantitative estimate of drug-likeness (QED) is 0.366. The van der Waals surface area contributed by atoms with E-state index < -0.39 is 19.2 Å². The van der Waals surface area contributed by atoms with E-state index in [1.54, 1.807) is 41.8 Å². The Labute approximate surface area is 188 Å². The van der Waals surface area contributed by atoms with Crippen LogP contribution in [0.3, 0.4) is 0 Å². The van der Waals surface area contributed by atoms with Crippen molar-refractivity contribution in [3.8, 4) is 0 Å². The van der Waals surface area contributed by atoms with Crippen molar-refractivity contribution in [2.75, 3.05) is 18.1 Å². The van der Waals surface area contributed by atoms with Crippen molar-refractivity contribution in [2.45, 2.75) is 12.1 Å². The lowest BCUT2D eigenvalue weighted by Crippen LogP contribution is -2.32. The van der Waals surface area contributed by atoms with Gasteiger partial charge in [0.25, 0.3) is 5.91 Å². The molecule has 9 heteroatoms. The molecule has 1 aliphatic heterocycles. The molecule has 0 spiro atoms. The summed E-state index contributed by atoms with van der Waals surface area (Å²) in [4.78, 5) is 15.1. The summed E-state index contributed by atoms with van der Waals surface area (Å²) in [5, 5.41) is 3.43. The van der Waals surface area contributed by atoms with Gasteiger partial charge < -0.3 is 9.05 Å². The molecule has 30 heavy (non-hydrogen) atoms. The fourth-order valence-electron chi connectivity index (χ4n) is 3.39. The zero-order valence-electron chi connectivity index (χ0n) is 15.8. The Hall–Kier alpha value is -1.66. The van der Waals surface area contributed by atoms with Crippen LogP contribution in [-0.4, -0.2) is 19.1 Å². The second kappa shape index (κ2) is 8.83. The number of nitrogens with zero attached hydrogens (tertiary/aromatic N) is 1. The van der Waals surface area contributed by atoms with Gasteiger partial charge in [-0.2, -0.15) is 0 Å². The predicted octanol–water partition coefficient (Wildman–Crippen LogP) is 7.06. The molecule has 1 saturated heterocycles. The molecule has 0 radical (unpaired) electrons. The number of carbonyl (C=O) groups excluding carboxylic acids is 1. The number of thiophene rings is 1. The number of fused-ring (bicyclic) bond motifs is 1. The first kappa shape index (κ1) is 21.6. The van der Waals surface area contributed by atoms with Crippen LogP contribution in [0.5, 0.6) is 0 Å². The van der Waals surface area contributed by atoms with Crippen molar-refractivity contribution >= 4 is 63.8 Å². The fourth-order valence-corrected chi connectivity index (χ4v) is 6.94. The van der Waals surface area contributed by atoms with Gasteiger partial charge in [-0.25, -0.2) is 0 Å². The second-order valence-corrected chi connectivity index (χ2v) is 10.5. The molecular weight excluding hydrogens is 464 g/mol. The minimum atomic E-state index is -3.81. The van der Waals surface area contributed by atoms with Crippen molar-refractivity contribution in [3.63, 3.8) is 0 Å². The van der Waals surface area contributed by atoms with E-state index in [-0.39, 0.29) is 13.2 Å². The minimum absolute atomic E-state index is 0.254. The number of benzene rings is 2. The van der Waals surface area contributed by atoms with Crippen LogP contribution in [0.2, 0.25) is 10.0 Å². The lowest BCUT2D eigenvalue weighted by atomic mass is 10.1. The van der Waals surface area contributed by atoms with Crippen LogP contribution in [0.1, 0.15) is 17.6 Å². The van der Waals surface area contributed by atoms with Gasteiger partial charge in [0.1, 0.15) is 0 Å². The van der Waals surface area contributed by atoms with Crippen LogP contribution in [-0.2, 0) is 18.4 Å². The maximum absolute atomic E-state index is 13.8. The highest BCUT2D eigenvalue weighted by Crippen LogP contribution is 2.64. The Bertz CT molecular complexity index is 1150. The van der Waals surface area contributed by atoms with Crippen molar-refractivity contribution in [1.82, 2.24) is 0 Å². The molecule has 2 aromatic carbocycles. The van der Waals surface area contributed by atoms with E-state index in [1.807, 2.05) is 6.07 Å². The highest BCUT2D eigenvalue weighted by Gasteiger charge is 2.47. The van der Waals surface area contributed by atoms with E-state index in [9.17, 15) is 9.36 Å². The Balaban J connectivity index is 1.88. The summed E-state index contributed by atoms with van der Waals surface area (Å²) >= 11 is 14.0. The SMILES string of the molecule is C=CN(C(=O)C(c1csc2ccc(Cl)cc12)P1(=O)OCCCO1)c1ccccc1Cl. The van der Waals surface area contributed by atoms with Gasteiger partial charge in [-0.15, -0.1) is 11.3 Å². The molecule has 0 bridgehead atoms. The number of carbonyl (C=O) groups is 1. The van der Waals surface area contributed by atoms with Crippen LogP contribution < -0.4 is 4.90 Å². The molecule has 156 valence electrons. The van der Waals surface area contributed by atoms with Crippen molar-refractivity contribution in [1.29, 1.82) is 0 Å². The summed E-state index contributed by atoms with van der Waals surface area (Å²) in [5.41, 5.74) is -0.198. The van der Waals surface area contributed by atoms with Crippen LogP contribution in [0.15, 0.2) is 60.6 Å². The molecule has 1 amide bonds. The van der Waals surface area contributed by atoms with Crippen LogP contribution in [0.25, 0.3) is 10.1 Å². The van der Waals surface area contributed by atoms with Gasteiger partial charge >= 0.3 is 7.60 Å². The topological polar surface area (TPSA) is 55.8 Å². The molecule has 0 N–H and O–H groups in total. The van der Waals surface area contributed by atoms with Gasteiger partial charge in [-0.1, -0.05) is 41.9 Å². The second-order valence-electron chi connectivity index (χ2n) is 6.64. The van der Waals surface area contributed by atoms with E-state index in [0.29, 0.717) is 27.7 Å². The zero-order chi connectivity index (χ0) is 21.3. The van der Waals surface area contributed by atoms with Crippen LogP contribution >= 0.6 is 42.1 Å². The first-order valence-corrected chi connectivity index (χ1v) is 12.4. The average molecular weight is 482 g/mol. The van der Waals surface area contributed by atoms with Gasteiger partial charge in [0, 0.05) is 15.9 Å². The van der Waals surface area contributed by atoms with Crippen molar-refractivity contribution in [2.24, 2.45) is 0 Å². The third kappa shape index (κ3) is 3.96. The first-order valence-electron chi connectivity index (χ1n) is 9.20. The van der Waals surface area contributed by atoms with E-state index in [0.717, 1.165) is 10.1 Å². The Morgan fingerprint density at radius 3 is 2.63 bits per heavy atom. The Kier molecular flexibility index (Phi) is 6.35. The molecule has 0 aliphatic carbocycles. The Morgan fingerprint density at radius 1 is 1.20 bits per heavy atom. The molecule has 1 aliphatic rings. The minimum Gasteiger partial charge on any atom is -0.308 e. The molecule has 5 nitrogen and oxygen atoms in total. The monoisotopic (exact) mass is 481 g/mol. The average Bonchev–Trinajstić information content (AvgIpc) is 3.13. The number of halogens is 2. The third-order valence-corrected chi connectivity index (χ3v) is 8.53. The van der Waals surface area contributed by atoms with Gasteiger partial charge in [-0.3, -0.25) is 14.3 Å². The number of amides is 1. The molecule has 1 unspecified atom stereocenters. The lowest BCUT2D eigenvalue weighted by Gasteiger charge is -2.32. The van der Waals surface area contributed by atoms with E-state index in [4.69, 9.17) is 32.2 Å². The van der Waals surface area contributed by atoms with Gasteiger partial charge in [0.05, 0.1) is 23.9 Å². The summed E-state index contributed by atoms with van der Waals surface area (Å²) < 4.78 is 25.9. The van der Waals surface area contributed by atoms with Crippen LogP contribution in [0, 0.1) is 0 Å². The number of anilines is 1. The molecule has 0 saturated carbocycles. The predicted molar refractivity (Wildman–Crippen MR) is 123 cm³/mol. The summed E-state index contributed by atoms with van der Waals surface area (Å²) in [6.45, 7) is 4.27. The summed E-state index contributed by atoms with van der Waals surface area (Å²) in [6.07, 6.45) is 1.96. The first-order chi connectivity index (χ1) is 14.4. The summed E-state index contributed by atoms with van der Waals surface area (Å²) in [5.74, 6) is -0.497. The Morgan fingerprint density at radius 2 is 1.93 bits per heavy atom. The van der Waals surface area contributed by atoms with Gasteiger partial charge in [0.2, 0.25) is 0 Å². The number of hydrogen-bond acceptors (Lipinski definition) is 5. The fraction of sp³-hybridized carbons (Fsp3) is 0.190. The standard InChI is InChI=1S/C21H18Cl2NO4PS/c1-2-24(18-7-4-3-6-17(18)23)21(25)20(29(26)27-10-5-11-28-29)16-13-30-19-9-8-14(22)12-15(16)19/h2-4,6-9,12-13,20H,1,5,10-11H2. The molecular formula is C21H18Cl2NO4PS. The van der Waals surface area contributed by atoms with E-state index in [2.05, 4.69) is 6.58 Å². The largest absolute Gasteiger partial charge is 0.347 e. The smallest absolute Gasteiger partial charge is 0.308 e. The normalized spacial score (nSPS) is 16.9. The van der Waals surface area contributed by atoms with Gasteiger partial charge in [-0.05, 0) is 53.1 Å². The number of rotatable bonds is 5. The molecule has 2 heterocycles.